The molecule has 4 nitrogen and oxygen atoms in total. The number of aliphatic hydroxyl groups excluding tert-OH is 1. The van der Waals surface area contributed by atoms with Gasteiger partial charge in [0.25, 0.3) is 0 Å². The lowest BCUT2D eigenvalue weighted by atomic mass is 9.97. The number of nitrogens with one attached hydrogen (secondary N) is 2. The molecule has 6 heteroatoms. The second kappa shape index (κ2) is 7.27. The molecule has 0 spiro atoms. The molecule has 1 atom stereocenters. The number of rotatable bonds is 4. The Balaban J connectivity index is 1.87. The lowest BCUT2D eigenvalue weighted by Crippen LogP contribution is -2.39. The molecule has 3 N–H and O–H groups in total. The average Bonchev–Trinajstić information content (AvgIpc) is 2.45. The van der Waals surface area contributed by atoms with Crippen LogP contribution in [0.2, 0.25) is 10.0 Å². The molecule has 0 saturated carbocycles. The third-order valence-corrected chi connectivity index (χ3v) is 4.06. The lowest BCUT2D eigenvalue weighted by molar-refractivity contribution is -0.126. The van der Waals surface area contributed by atoms with E-state index in [2.05, 4.69) is 10.6 Å². The Morgan fingerprint density at radius 1 is 1.40 bits per heavy atom. The molecule has 1 saturated heterocycles. The molecule has 0 aromatic heterocycles. The highest BCUT2D eigenvalue weighted by Crippen LogP contribution is 2.26. The van der Waals surface area contributed by atoms with Crippen LogP contribution < -0.4 is 10.6 Å². The summed E-state index contributed by atoms with van der Waals surface area (Å²) in [5.41, 5.74) is 0.571. The van der Waals surface area contributed by atoms with Crippen molar-refractivity contribution in [3.63, 3.8) is 0 Å². The summed E-state index contributed by atoms with van der Waals surface area (Å²) in [6.45, 7) is 1.89. The summed E-state index contributed by atoms with van der Waals surface area (Å²) in [6.07, 6.45) is 0.846. The van der Waals surface area contributed by atoms with E-state index in [0.29, 0.717) is 15.6 Å². The third-order valence-electron chi connectivity index (χ3n) is 3.50. The highest BCUT2D eigenvalue weighted by Gasteiger charge is 2.21. The number of piperidine rings is 1. The van der Waals surface area contributed by atoms with E-state index < -0.39 is 6.10 Å². The van der Waals surface area contributed by atoms with Gasteiger partial charge in [-0.1, -0.05) is 29.3 Å². The number of hydrogen-bond acceptors (Lipinski definition) is 3. The maximum Gasteiger partial charge on any atom is 0.223 e. The molecule has 0 bridgehead atoms. The molecule has 1 aliphatic rings. The van der Waals surface area contributed by atoms with Crippen molar-refractivity contribution in [1.82, 2.24) is 10.6 Å². The zero-order valence-electron chi connectivity index (χ0n) is 11.0. The van der Waals surface area contributed by atoms with Gasteiger partial charge in [-0.25, -0.2) is 0 Å². The van der Waals surface area contributed by atoms with Crippen LogP contribution in [-0.2, 0) is 4.79 Å². The van der Waals surface area contributed by atoms with Crippen LogP contribution in [-0.4, -0.2) is 30.6 Å². The number of amides is 1. The predicted octanol–water partition coefficient (Wildman–Crippen LogP) is 2.14. The van der Waals surface area contributed by atoms with Crippen molar-refractivity contribution in [2.24, 2.45) is 5.92 Å². The van der Waals surface area contributed by atoms with E-state index in [0.717, 1.165) is 25.9 Å². The molecule has 1 aliphatic heterocycles. The first-order chi connectivity index (χ1) is 9.58. The normalized spacial score (nSPS) is 17.8. The van der Waals surface area contributed by atoms with Crippen LogP contribution in [0.3, 0.4) is 0 Å². The van der Waals surface area contributed by atoms with E-state index in [1.54, 1.807) is 18.2 Å². The molecule has 0 radical (unpaired) electrons. The SMILES string of the molecule is O=C(NC[C@@H](O)c1ccc(Cl)cc1Cl)C1CCNCC1. The van der Waals surface area contributed by atoms with Gasteiger partial charge in [0.2, 0.25) is 5.91 Å². The largest absolute Gasteiger partial charge is 0.387 e. The second-order valence-electron chi connectivity index (χ2n) is 4.95. The number of aliphatic hydroxyl groups is 1. The maximum absolute atomic E-state index is 12.0. The van der Waals surface area contributed by atoms with Gasteiger partial charge in [0.05, 0.1) is 6.10 Å². The minimum Gasteiger partial charge on any atom is -0.387 e. The lowest BCUT2D eigenvalue weighted by Gasteiger charge is -2.22. The minimum atomic E-state index is -0.828. The first-order valence-electron chi connectivity index (χ1n) is 6.69. The number of carbonyl (C=O) groups excluding carboxylic acids is 1. The van der Waals surface area contributed by atoms with Crippen molar-refractivity contribution < 1.29 is 9.90 Å². The van der Waals surface area contributed by atoms with E-state index in [1.165, 1.54) is 0 Å². The first kappa shape index (κ1) is 15.6. The van der Waals surface area contributed by atoms with Crippen molar-refractivity contribution >= 4 is 29.1 Å². The van der Waals surface area contributed by atoms with Crippen LogP contribution >= 0.6 is 23.2 Å². The van der Waals surface area contributed by atoms with Gasteiger partial charge in [-0.2, -0.15) is 0 Å². The Hall–Kier alpha value is -0.810. The van der Waals surface area contributed by atoms with Gasteiger partial charge in [0.15, 0.2) is 0 Å². The van der Waals surface area contributed by atoms with Gasteiger partial charge >= 0.3 is 0 Å². The molecule has 20 heavy (non-hydrogen) atoms. The molecule has 1 fully saturated rings. The van der Waals surface area contributed by atoms with Gasteiger partial charge in [-0.15, -0.1) is 0 Å². The predicted molar refractivity (Wildman–Crippen MR) is 80.0 cm³/mol. The Labute approximate surface area is 128 Å². The zero-order valence-corrected chi connectivity index (χ0v) is 12.5. The molecule has 0 unspecified atom stereocenters. The van der Waals surface area contributed by atoms with E-state index in [1.807, 2.05) is 0 Å². The topological polar surface area (TPSA) is 61.4 Å². The Bertz CT molecular complexity index is 476. The maximum atomic E-state index is 12.0. The van der Waals surface area contributed by atoms with Gasteiger partial charge in [-0.3, -0.25) is 4.79 Å². The van der Waals surface area contributed by atoms with Crippen molar-refractivity contribution in [1.29, 1.82) is 0 Å². The fraction of sp³-hybridized carbons (Fsp3) is 0.500. The zero-order chi connectivity index (χ0) is 14.5. The van der Waals surface area contributed by atoms with Gasteiger partial charge < -0.3 is 15.7 Å². The first-order valence-corrected chi connectivity index (χ1v) is 7.45. The average molecular weight is 317 g/mol. The van der Waals surface area contributed by atoms with Crippen LogP contribution in [0.1, 0.15) is 24.5 Å². The quantitative estimate of drug-likeness (QED) is 0.797. The monoisotopic (exact) mass is 316 g/mol. The number of hydrogen-bond donors (Lipinski definition) is 3. The second-order valence-corrected chi connectivity index (χ2v) is 5.79. The molecule has 1 aromatic carbocycles. The van der Waals surface area contributed by atoms with Gasteiger partial charge in [0.1, 0.15) is 0 Å². The smallest absolute Gasteiger partial charge is 0.223 e. The van der Waals surface area contributed by atoms with Crippen molar-refractivity contribution in [3.8, 4) is 0 Å². The van der Waals surface area contributed by atoms with Crippen LogP contribution in [0, 0.1) is 5.92 Å². The fourth-order valence-corrected chi connectivity index (χ4v) is 2.84. The Morgan fingerprint density at radius 2 is 2.10 bits per heavy atom. The highest BCUT2D eigenvalue weighted by molar-refractivity contribution is 6.35. The van der Waals surface area contributed by atoms with E-state index in [9.17, 15) is 9.90 Å². The van der Waals surface area contributed by atoms with Crippen molar-refractivity contribution in [2.75, 3.05) is 19.6 Å². The minimum absolute atomic E-state index is 0.00404. The van der Waals surface area contributed by atoms with Gasteiger partial charge in [0, 0.05) is 28.1 Å². The van der Waals surface area contributed by atoms with Crippen LogP contribution in [0.15, 0.2) is 18.2 Å². The van der Waals surface area contributed by atoms with Crippen LogP contribution in [0.4, 0.5) is 0 Å². The summed E-state index contributed by atoms with van der Waals surface area (Å²) in [5, 5.41) is 17.0. The summed E-state index contributed by atoms with van der Waals surface area (Å²) in [5.74, 6) is 0.0276. The van der Waals surface area contributed by atoms with Crippen molar-refractivity contribution in [2.45, 2.75) is 18.9 Å². The Kier molecular flexibility index (Phi) is 5.66. The Morgan fingerprint density at radius 3 is 2.75 bits per heavy atom. The molecule has 1 heterocycles. The number of carbonyl (C=O) groups is 1. The molecule has 1 aromatic rings. The molecular weight excluding hydrogens is 299 g/mol. The summed E-state index contributed by atoms with van der Waals surface area (Å²) in [7, 11) is 0. The summed E-state index contributed by atoms with van der Waals surface area (Å²) in [4.78, 5) is 12.0. The summed E-state index contributed by atoms with van der Waals surface area (Å²) < 4.78 is 0. The highest BCUT2D eigenvalue weighted by atomic mass is 35.5. The van der Waals surface area contributed by atoms with Crippen LogP contribution in [0.25, 0.3) is 0 Å². The summed E-state index contributed by atoms with van der Waals surface area (Å²) >= 11 is 11.8. The molecule has 110 valence electrons. The number of halogens is 2. The molecule has 1 amide bonds. The third kappa shape index (κ3) is 4.09. The summed E-state index contributed by atoms with van der Waals surface area (Å²) in [6, 6.07) is 4.92. The van der Waals surface area contributed by atoms with E-state index >= 15 is 0 Å². The van der Waals surface area contributed by atoms with Gasteiger partial charge in [-0.05, 0) is 38.1 Å². The molecular formula is C14H18Cl2N2O2. The van der Waals surface area contributed by atoms with E-state index in [4.69, 9.17) is 23.2 Å². The van der Waals surface area contributed by atoms with Crippen LogP contribution in [0.5, 0.6) is 0 Å². The van der Waals surface area contributed by atoms with E-state index in [-0.39, 0.29) is 18.4 Å². The molecule has 2 rings (SSSR count). The standard InChI is InChI=1S/C14H18Cl2N2O2/c15-10-1-2-11(12(16)7-10)13(19)8-18-14(20)9-3-5-17-6-4-9/h1-2,7,9,13,17,19H,3-6,8H2,(H,18,20)/t13-/m1/s1. The number of benzene rings is 1. The molecule has 0 aliphatic carbocycles. The fourth-order valence-electron chi connectivity index (χ4n) is 2.31. The van der Waals surface area contributed by atoms with Crippen molar-refractivity contribution in [3.05, 3.63) is 33.8 Å².